The van der Waals surface area contributed by atoms with Gasteiger partial charge in [0.15, 0.2) is 5.13 Å². The first kappa shape index (κ1) is 26.4. The molecule has 0 aliphatic carbocycles. The molecule has 0 radical (unpaired) electrons. The first-order valence-corrected chi connectivity index (χ1v) is 11.7. The summed E-state index contributed by atoms with van der Waals surface area (Å²) in [6.45, 7) is 9.09. The van der Waals surface area contributed by atoms with E-state index in [1.807, 2.05) is 57.6 Å². The van der Waals surface area contributed by atoms with E-state index >= 15 is 0 Å². The van der Waals surface area contributed by atoms with Gasteiger partial charge in [0, 0.05) is 28.0 Å². The Balaban J connectivity index is 0.00000187. The van der Waals surface area contributed by atoms with Gasteiger partial charge >= 0.3 is 6.18 Å². The third kappa shape index (κ3) is 8.55. The fourth-order valence-electron chi connectivity index (χ4n) is 2.99. The lowest BCUT2D eigenvalue weighted by Gasteiger charge is -2.13. The minimum atomic E-state index is -4.38. The number of halogens is 3. The van der Waals surface area contributed by atoms with E-state index in [9.17, 15) is 13.2 Å². The van der Waals surface area contributed by atoms with E-state index < -0.39 is 11.7 Å². The molecule has 0 saturated carbocycles. The number of allylic oxidation sites excluding steroid dienone is 1. The number of aromatic nitrogens is 1. The largest absolute Gasteiger partial charge is 0.416 e. The summed E-state index contributed by atoms with van der Waals surface area (Å²) in [5.41, 5.74) is 3.19. The van der Waals surface area contributed by atoms with Crippen molar-refractivity contribution < 1.29 is 13.2 Å². The third-order valence-corrected chi connectivity index (χ3v) is 5.27. The number of thiazole rings is 1. The maximum absolute atomic E-state index is 12.9. The summed E-state index contributed by atoms with van der Waals surface area (Å²) in [7, 11) is 4.09. The van der Waals surface area contributed by atoms with Gasteiger partial charge in [-0.2, -0.15) is 13.2 Å². The van der Waals surface area contributed by atoms with Crippen LogP contribution in [0.4, 0.5) is 29.7 Å². The lowest BCUT2D eigenvalue weighted by atomic mass is 10.1. The number of nitrogens with one attached hydrogen (secondary N) is 2. The molecule has 178 valence electrons. The summed E-state index contributed by atoms with van der Waals surface area (Å²) >= 11 is 1.34. The molecular weight excluding hydrogens is 445 g/mol. The Kier molecular flexibility index (Phi) is 9.94. The van der Waals surface area contributed by atoms with Crippen molar-refractivity contribution in [2.24, 2.45) is 0 Å². The zero-order valence-electron chi connectivity index (χ0n) is 19.5. The Labute approximate surface area is 198 Å². The zero-order chi connectivity index (χ0) is 24.4. The quantitative estimate of drug-likeness (QED) is 0.330. The van der Waals surface area contributed by atoms with Crippen LogP contribution in [-0.2, 0) is 6.18 Å². The molecule has 0 bridgehead atoms. The lowest BCUT2D eigenvalue weighted by Crippen LogP contribution is -2.13. The fourth-order valence-corrected chi connectivity index (χ4v) is 3.73. The molecule has 3 rings (SSSR count). The van der Waals surface area contributed by atoms with E-state index in [-0.39, 0.29) is 0 Å². The number of anilines is 3. The van der Waals surface area contributed by atoms with E-state index in [2.05, 4.69) is 27.1 Å². The van der Waals surface area contributed by atoms with Crippen molar-refractivity contribution in [3.05, 3.63) is 71.8 Å². The maximum atomic E-state index is 12.9. The second-order valence-electron chi connectivity index (χ2n) is 7.46. The second-order valence-corrected chi connectivity index (χ2v) is 8.32. The van der Waals surface area contributed by atoms with Crippen molar-refractivity contribution >= 4 is 27.8 Å². The Morgan fingerprint density at radius 1 is 1.06 bits per heavy atom. The third-order valence-electron chi connectivity index (χ3n) is 4.51. The average Bonchev–Trinajstić information content (AvgIpc) is 3.23. The highest BCUT2D eigenvalue weighted by atomic mass is 32.1. The van der Waals surface area contributed by atoms with E-state index in [0.717, 1.165) is 54.2 Å². The minimum absolute atomic E-state index is 0.347. The fraction of sp³-hybridized carbons (Fsp3) is 0.320. The van der Waals surface area contributed by atoms with Crippen LogP contribution in [0.2, 0.25) is 0 Å². The summed E-state index contributed by atoms with van der Waals surface area (Å²) in [4.78, 5) is 6.67. The van der Waals surface area contributed by atoms with Gasteiger partial charge in [0.25, 0.3) is 0 Å². The molecule has 0 spiro atoms. The van der Waals surface area contributed by atoms with Gasteiger partial charge in [0.1, 0.15) is 0 Å². The van der Waals surface area contributed by atoms with Crippen molar-refractivity contribution in [1.82, 2.24) is 9.88 Å². The molecule has 3 aromatic rings. The number of alkyl halides is 3. The van der Waals surface area contributed by atoms with Crippen molar-refractivity contribution in [3.8, 4) is 11.3 Å². The van der Waals surface area contributed by atoms with E-state index in [0.29, 0.717) is 10.8 Å². The van der Waals surface area contributed by atoms with E-state index in [1.54, 1.807) is 6.07 Å². The highest BCUT2D eigenvalue weighted by Gasteiger charge is 2.30. The molecule has 0 aliphatic rings. The molecule has 0 fully saturated rings. The highest BCUT2D eigenvalue weighted by Crippen LogP contribution is 2.33. The monoisotopic (exact) mass is 476 g/mol. The van der Waals surface area contributed by atoms with E-state index in [1.165, 1.54) is 17.4 Å². The van der Waals surface area contributed by atoms with Crippen LogP contribution in [-0.4, -0.2) is 30.5 Å². The van der Waals surface area contributed by atoms with Crippen molar-refractivity contribution in [1.29, 1.82) is 0 Å². The van der Waals surface area contributed by atoms with Gasteiger partial charge in [-0.25, -0.2) is 4.98 Å². The van der Waals surface area contributed by atoms with Crippen LogP contribution in [0.1, 0.15) is 32.3 Å². The Morgan fingerprint density at radius 3 is 2.45 bits per heavy atom. The summed E-state index contributed by atoms with van der Waals surface area (Å²) in [6.07, 6.45) is -2.48. The van der Waals surface area contributed by atoms with Gasteiger partial charge in [0.05, 0.1) is 11.3 Å². The molecule has 0 aliphatic heterocycles. The number of hydrogen-bond acceptors (Lipinski definition) is 5. The standard InChI is InChI=1S/C23H25F3N4S.C2H6/c1-16(7-6-12-30(2)3)27-19-10-4-8-17(13-19)21-15-31-22(29-21)28-20-11-5-9-18(14-20)23(24,25)26;1-2/h4-5,8-11,13-15,27H,1,6-7,12H2,2-3H3,(H,28,29);1-2H3. The summed E-state index contributed by atoms with van der Waals surface area (Å²) in [5, 5.41) is 8.70. The Bertz CT molecular complexity index is 1030. The van der Waals surface area contributed by atoms with Gasteiger partial charge in [-0.15, -0.1) is 11.3 Å². The molecule has 0 atom stereocenters. The van der Waals surface area contributed by atoms with Gasteiger partial charge in [-0.05, 0) is 63.8 Å². The van der Waals surface area contributed by atoms with Crippen LogP contribution in [0.5, 0.6) is 0 Å². The van der Waals surface area contributed by atoms with Gasteiger partial charge in [-0.1, -0.05) is 38.6 Å². The van der Waals surface area contributed by atoms with Gasteiger partial charge < -0.3 is 15.5 Å². The topological polar surface area (TPSA) is 40.2 Å². The highest BCUT2D eigenvalue weighted by molar-refractivity contribution is 7.14. The molecule has 2 N–H and O–H groups in total. The Hall–Kier alpha value is -2.84. The van der Waals surface area contributed by atoms with E-state index in [4.69, 9.17) is 0 Å². The number of nitrogens with zero attached hydrogens (tertiary/aromatic N) is 2. The van der Waals surface area contributed by atoms with Crippen LogP contribution >= 0.6 is 11.3 Å². The number of hydrogen-bond donors (Lipinski definition) is 2. The van der Waals surface area contributed by atoms with Crippen LogP contribution in [0.3, 0.4) is 0 Å². The lowest BCUT2D eigenvalue weighted by molar-refractivity contribution is -0.137. The van der Waals surface area contributed by atoms with Crippen LogP contribution < -0.4 is 10.6 Å². The first-order chi connectivity index (χ1) is 15.7. The summed E-state index contributed by atoms with van der Waals surface area (Å²) in [5.74, 6) is 0. The average molecular weight is 477 g/mol. The molecule has 33 heavy (non-hydrogen) atoms. The maximum Gasteiger partial charge on any atom is 0.416 e. The normalized spacial score (nSPS) is 11.0. The Morgan fingerprint density at radius 2 is 1.76 bits per heavy atom. The van der Waals surface area contributed by atoms with Gasteiger partial charge in [0.2, 0.25) is 0 Å². The summed E-state index contributed by atoms with van der Waals surface area (Å²) < 4.78 is 38.7. The molecule has 0 saturated heterocycles. The summed E-state index contributed by atoms with van der Waals surface area (Å²) in [6, 6.07) is 12.9. The molecule has 0 amide bonds. The molecule has 1 aromatic heterocycles. The molecule has 8 heteroatoms. The molecule has 2 aromatic carbocycles. The second kappa shape index (κ2) is 12.4. The van der Waals surface area contributed by atoms with Gasteiger partial charge in [-0.3, -0.25) is 0 Å². The van der Waals surface area contributed by atoms with Crippen LogP contribution in [0.15, 0.2) is 66.2 Å². The molecular formula is C25H31F3N4S. The van der Waals surface area contributed by atoms with Crippen molar-refractivity contribution in [2.45, 2.75) is 32.9 Å². The number of benzene rings is 2. The SMILES string of the molecule is C=C(CCCN(C)C)Nc1cccc(-c2csc(Nc3cccc(C(F)(F)F)c3)n2)c1.CC. The number of rotatable bonds is 9. The smallest absolute Gasteiger partial charge is 0.359 e. The molecule has 4 nitrogen and oxygen atoms in total. The zero-order valence-corrected chi connectivity index (χ0v) is 20.3. The predicted octanol–water partition coefficient (Wildman–Crippen LogP) is 7.87. The molecule has 0 unspecified atom stereocenters. The first-order valence-electron chi connectivity index (χ1n) is 10.8. The van der Waals surface area contributed by atoms with Crippen LogP contribution in [0, 0.1) is 0 Å². The van der Waals surface area contributed by atoms with Crippen molar-refractivity contribution in [3.63, 3.8) is 0 Å². The predicted molar refractivity (Wildman–Crippen MR) is 134 cm³/mol. The van der Waals surface area contributed by atoms with Crippen LogP contribution in [0.25, 0.3) is 11.3 Å². The van der Waals surface area contributed by atoms with Crippen molar-refractivity contribution in [2.75, 3.05) is 31.3 Å². The molecule has 1 heterocycles. The minimum Gasteiger partial charge on any atom is -0.359 e.